The van der Waals surface area contributed by atoms with Crippen molar-refractivity contribution >= 4 is 69.8 Å². The van der Waals surface area contributed by atoms with Crippen molar-refractivity contribution in [3.8, 4) is 0 Å². The van der Waals surface area contributed by atoms with Crippen molar-refractivity contribution in [3.63, 3.8) is 0 Å². The van der Waals surface area contributed by atoms with Gasteiger partial charge in [0.1, 0.15) is 24.4 Å². The van der Waals surface area contributed by atoms with Crippen molar-refractivity contribution in [2.75, 3.05) is 25.1 Å². The van der Waals surface area contributed by atoms with Crippen molar-refractivity contribution in [1.29, 1.82) is 0 Å². The van der Waals surface area contributed by atoms with E-state index in [1.807, 2.05) is 66.7 Å². The number of benzene rings is 2. The van der Waals surface area contributed by atoms with Crippen LogP contribution in [0.5, 0.6) is 0 Å². The lowest BCUT2D eigenvalue weighted by Crippen LogP contribution is -2.73. The fraction of sp³-hybridized carbons (Fsp3) is 0.333. The van der Waals surface area contributed by atoms with E-state index in [2.05, 4.69) is 30.1 Å². The number of thioether (sulfide) groups is 2. The molecule has 3 unspecified atom stereocenters. The van der Waals surface area contributed by atoms with E-state index >= 15 is 0 Å². The number of oxime groups is 1. The molecule has 3 amide bonds. The number of carboxylic acids is 1. The number of ether oxygens (including phenoxy) is 1. The Labute approximate surface area is 342 Å². The normalized spacial score (nSPS) is 18.1. The van der Waals surface area contributed by atoms with Crippen molar-refractivity contribution in [3.05, 3.63) is 112 Å². The Bertz CT molecular complexity index is 2120. The maximum absolute atomic E-state index is 14.0. The first-order chi connectivity index (χ1) is 27.4. The molecule has 0 aliphatic carbocycles. The van der Waals surface area contributed by atoms with Gasteiger partial charge in [-0.25, -0.2) is 9.59 Å². The average Bonchev–Trinajstić information content (AvgIpc) is 3.62. The Balaban J connectivity index is 1.35. The molecule has 3 atom stereocenters. The molecule has 0 saturated carbocycles. The number of hydrogen-bond donors (Lipinski definition) is 4. The number of rotatable bonds is 15. The van der Waals surface area contributed by atoms with Crippen LogP contribution in [0.3, 0.4) is 0 Å². The summed E-state index contributed by atoms with van der Waals surface area (Å²) in [6.45, 7) is 5.79. The van der Waals surface area contributed by atoms with E-state index in [0.717, 1.165) is 33.1 Å². The molecule has 298 valence electrons. The van der Waals surface area contributed by atoms with E-state index in [1.54, 1.807) is 44.9 Å². The molecular weight excluding hydrogens is 789 g/mol. The number of aromatic nitrogens is 3. The van der Waals surface area contributed by atoms with Gasteiger partial charge in [0.15, 0.2) is 5.13 Å². The minimum Gasteiger partial charge on any atom is -0.477 e. The molecule has 15 nitrogen and oxygen atoms in total. The smallest absolute Gasteiger partial charge is 0.407 e. The number of nitrogens with one attached hydrogen (secondary N) is 2. The third-order valence-corrected chi connectivity index (χ3v) is 11.9. The zero-order chi connectivity index (χ0) is 40.7. The number of carboxylic acid groups (broad SMARTS) is 1. The molecule has 1 saturated heterocycles. The largest absolute Gasteiger partial charge is 0.477 e. The summed E-state index contributed by atoms with van der Waals surface area (Å²) < 4.78 is 9.40. The number of nitrogens with two attached hydrogens (primary N) is 1. The highest BCUT2D eigenvalue weighted by Crippen LogP contribution is 2.53. The van der Waals surface area contributed by atoms with Crippen LogP contribution < -0.4 is 16.4 Å². The van der Waals surface area contributed by atoms with Gasteiger partial charge in [-0.1, -0.05) is 77.6 Å². The van der Waals surface area contributed by atoms with Crippen molar-refractivity contribution in [2.45, 2.75) is 61.4 Å². The van der Waals surface area contributed by atoms with Gasteiger partial charge in [-0.15, -0.1) is 0 Å². The molecule has 57 heavy (non-hydrogen) atoms. The molecule has 2 aromatic carbocycles. The third-order valence-electron chi connectivity index (χ3n) is 9.04. The number of pyridine rings is 1. The van der Waals surface area contributed by atoms with E-state index in [4.69, 9.17) is 15.3 Å². The molecule has 2 aromatic heterocycles. The first kappa shape index (κ1) is 41.2. The SMILES string of the molecule is CON=C(C(=O)NC1C(=O)N2C(C(=O)O)=C(Sc3ccncc3CSCCNC(=O)OC(C)(C)C)C(C(c3ccccc3)c3ccccc3)CC12)c1nsc(N)n1. The van der Waals surface area contributed by atoms with E-state index in [0.29, 0.717) is 29.4 Å². The van der Waals surface area contributed by atoms with Crippen LogP contribution in [0.2, 0.25) is 0 Å². The van der Waals surface area contributed by atoms with Crippen LogP contribution in [0.15, 0.2) is 99.8 Å². The van der Waals surface area contributed by atoms with E-state index in [9.17, 15) is 24.3 Å². The number of nitrogen functional groups attached to an aromatic ring is 1. The quantitative estimate of drug-likeness (QED) is 0.0522. The summed E-state index contributed by atoms with van der Waals surface area (Å²) in [6.07, 6.45) is 3.22. The number of carbonyl (C=O) groups is 4. The van der Waals surface area contributed by atoms with Crippen LogP contribution in [0.1, 0.15) is 55.6 Å². The topological polar surface area (TPSA) is 211 Å². The zero-order valence-electron chi connectivity index (χ0n) is 31.6. The molecule has 0 radical (unpaired) electrons. The first-order valence-corrected chi connectivity index (χ1v) is 20.7. The minimum atomic E-state index is -1.27. The van der Waals surface area contributed by atoms with Gasteiger partial charge in [0, 0.05) is 63.6 Å². The maximum Gasteiger partial charge on any atom is 0.407 e. The number of alkyl carbamates (subject to hydrolysis) is 1. The lowest BCUT2D eigenvalue weighted by molar-refractivity contribution is -0.156. The molecule has 2 aliphatic rings. The standard InChI is InChI=1S/C39H42N8O7S3/c1-39(2,3)54-38(52)42-17-18-55-21-24-20-41-16-15-27(24)56-32-25(28(22-11-7-5-8-12-22)23-13-9-6-10-14-23)19-26-29(35(49)47(26)31(32)36(50)51)43-34(48)30(45-53-4)33-44-37(40)57-46-33/h5-16,20,25-26,28-29H,17-19,21H2,1-4H3,(H,42,52)(H,43,48)(H,50,51)(H2,40,44,46). The summed E-state index contributed by atoms with van der Waals surface area (Å²) in [7, 11) is 1.26. The van der Waals surface area contributed by atoms with E-state index in [-0.39, 0.29) is 28.3 Å². The molecule has 4 heterocycles. The highest BCUT2D eigenvalue weighted by atomic mass is 32.2. The van der Waals surface area contributed by atoms with E-state index in [1.165, 1.54) is 23.8 Å². The molecule has 0 bridgehead atoms. The molecule has 1 fully saturated rings. The van der Waals surface area contributed by atoms with Crippen molar-refractivity contribution in [1.82, 2.24) is 29.9 Å². The van der Waals surface area contributed by atoms with Crippen molar-refractivity contribution in [2.24, 2.45) is 11.1 Å². The van der Waals surface area contributed by atoms with Crippen LogP contribution in [0, 0.1) is 5.92 Å². The van der Waals surface area contributed by atoms with Gasteiger partial charge in [0.05, 0.1) is 6.04 Å². The Hall–Kier alpha value is -5.46. The number of nitrogens with zero attached hydrogens (tertiary/aromatic N) is 5. The van der Waals surface area contributed by atoms with Gasteiger partial charge in [0.2, 0.25) is 11.5 Å². The number of aliphatic carboxylic acids is 1. The van der Waals surface area contributed by atoms with Crippen LogP contribution >= 0.6 is 35.1 Å². The van der Waals surface area contributed by atoms with Crippen LogP contribution in [0.4, 0.5) is 9.93 Å². The summed E-state index contributed by atoms with van der Waals surface area (Å²) in [5.41, 5.74) is 7.51. The number of hydrogen-bond acceptors (Lipinski definition) is 14. The Kier molecular flexibility index (Phi) is 13.2. The van der Waals surface area contributed by atoms with Gasteiger partial charge >= 0.3 is 12.1 Å². The Morgan fingerprint density at radius 1 is 1.09 bits per heavy atom. The summed E-state index contributed by atoms with van der Waals surface area (Å²) in [5.74, 6) is -2.36. The minimum absolute atomic E-state index is 0.0642. The lowest BCUT2D eigenvalue weighted by atomic mass is 9.71. The number of carbonyl (C=O) groups excluding carboxylic acids is 3. The molecule has 18 heteroatoms. The molecule has 6 rings (SSSR count). The molecule has 4 aromatic rings. The average molecular weight is 831 g/mol. The van der Waals surface area contributed by atoms with Crippen LogP contribution in [0.25, 0.3) is 0 Å². The van der Waals surface area contributed by atoms with E-state index < -0.39 is 47.5 Å². The molecule has 2 aliphatic heterocycles. The summed E-state index contributed by atoms with van der Waals surface area (Å²) in [4.78, 5) is 69.1. The first-order valence-electron chi connectivity index (χ1n) is 17.9. The molecule has 0 spiro atoms. The number of anilines is 1. The monoisotopic (exact) mass is 830 g/mol. The highest BCUT2D eigenvalue weighted by Gasteiger charge is 2.57. The van der Waals surface area contributed by atoms with Gasteiger partial charge in [-0.05, 0) is 49.9 Å². The molecule has 5 N–H and O–H groups in total. The fourth-order valence-electron chi connectivity index (χ4n) is 6.76. The predicted octanol–water partition coefficient (Wildman–Crippen LogP) is 5.26. The number of β-lactam (4-membered cyclic amide) rings is 1. The highest BCUT2D eigenvalue weighted by molar-refractivity contribution is 8.03. The van der Waals surface area contributed by atoms with Gasteiger partial charge in [-0.2, -0.15) is 21.1 Å². The summed E-state index contributed by atoms with van der Waals surface area (Å²) in [6, 6.07) is 19.7. The second-order valence-corrected chi connectivity index (χ2v) is 17.0. The van der Waals surface area contributed by atoms with Gasteiger partial charge in [0.25, 0.3) is 11.8 Å². The summed E-state index contributed by atoms with van der Waals surface area (Å²) >= 11 is 3.76. The van der Waals surface area contributed by atoms with Crippen LogP contribution in [-0.4, -0.2) is 91.0 Å². The number of allylic oxidation sites excluding steroid dienone is 1. The van der Waals surface area contributed by atoms with Crippen molar-refractivity contribution < 1.29 is 33.9 Å². The second-order valence-electron chi connectivity index (χ2n) is 14.0. The number of fused-ring (bicyclic) bond motifs is 1. The van der Waals surface area contributed by atoms with Gasteiger partial charge < -0.3 is 31.0 Å². The zero-order valence-corrected chi connectivity index (χ0v) is 34.0. The Morgan fingerprint density at radius 2 is 1.77 bits per heavy atom. The lowest BCUT2D eigenvalue weighted by Gasteiger charge is -2.53. The number of amides is 3. The fourth-order valence-corrected chi connectivity index (χ4v) is 9.41. The molecular formula is C39H42N8O7S3. The summed E-state index contributed by atoms with van der Waals surface area (Å²) in [5, 5.41) is 20.4. The predicted molar refractivity (Wildman–Crippen MR) is 218 cm³/mol. The Morgan fingerprint density at radius 3 is 2.37 bits per heavy atom. The van der Waals surface area contributed by atoms with Crippen LogP contribution in [-0.2, 0) is 29.7 Å². The van der Waals surface area contributed by atoms with Gasteiger partial charge in [-0.3, -0.25) is 19.5 Å². The maximum atomic E-state index is 14.0. The third kappa shape index (κ3) is 9.75. The second kappa shape index (κ2) is 18.2.